The number of nitrogens with one attached hydrogen (secondary N) is 1. The van der Waals surface area contributed by atoms with E-state index in [1.54, 1.807) is 0 Å². The standard InChI is InChI=1S/C16H21F3N2O4/c17-16(18,19)11-25-14-5-4-12(9-21-14)15(22)20-6-2-7-23-10-13-3-1-8-24-13/h4-5,9,13H,1-3,6-8,10-11H2,(H,20,22). The summed E-state index contributed by atoms with van der Waals surface area (Å²) in [6.07, 6.45) is -0.333. The number of aromatic nitrogens is 1. The van der Waals surface area contributed by atoms with Crippen LogP contribution in [0.3, 0.4) is 0 Å². The third kappa shape index (κ3) is 7.70. The predicted molar refractivity (Wildman–Crippen MR) is 82.5 cm³/mol. The molecule has 1 unspecified atom stereocenters. The summed E-state index contributed by atoms with van der Waals surface area (Å²) in [6, 6.07) is 2.59. The van der Waals surface area contributed by atoms with Gasteiger partial charge in [0, 0.05) is 32.0 Å². The number of carbonyl (C=O) groups is 1. The number of amides is 1. The van der Waals surface area contributed by atoms with E-state index < -0.39 is 12.8 Å². The quantitative estimate of drug-likeness (QED) is 0.683. The summed E-state index contributed by atoms with van der Waals surface area (Å²) >= 11 is 0. The molecule has 1 fully saturated rings. The minimum Gasteiger partial charge on any atom is -0.468 e. The zero-order chi connectivity index (χ0) is 18.1. The van der Waals surface area contributed by atoms with Crippen LogP contribution < -0.4 is 10.1 Å². The van der Waals surface area contributed by atoms with Crippen LogP contribution in [0.25, 0.3) is 0 Å². The molecule has 0 bridgehead atoms. The van der Waals surface area contributed by atoms with E-state index in [-0.39, 0.29) is 23.5 Å². The number of rotatable bonds is 9. The van der Waals surface area contributed by atoms with Gasteiger partial charge in [-0.25, -0.2) is 4.98 Å². The molecule has 1 aliphatic rings. The number of halogens is 3. The topological polar surface area (TPSA) is 69.7 Å². The van der Waals surface area contributed by atoms with Crippen LogP contribution in [-0.2, 0) is 9.47 Å². The van der Waals surface area contributed by atoms with Gasteiger partial charge in [0.1, 0.15) is 0 Å². The number of hydrogen-bond acceptors (Lipinski definition) is 5. The second-order valence-corrected chi connectivity index (χ2v) is 5.61. The van der Waals surface area contributed by atoms with E-state index in [2.05, 4.69) is 15.0 Å². The Hall–Kier alpha value is -1.87. The molecule has 1 N–H and O–H groups in total. The first-order chi connectivity index (χ1) is 11.9. The number of carbonyl (C=O) groups excluding carboxylic acids is 1. The van der Waals surface area contributed by atoms with Crippen molar-refractivity contribution in [1.82, 2.24) is 10.3 Å². The maximum absolute atomic E-state index is 12.0. The molecule has 1 amide bonds. The Labute approximate surface area is 143 Å². The molecule has 140 valence electrons. The summed E-state index contributed by atoms with van der Waals surface area (Å²) in [6.45, 7) is 0.881. The van der Waals surface area contributed by atoms with Crippen LogP contribution in [0.4, 0.5) is 13.2 Å². The van der Waals surface area contributed by atoms with Gasteiger partial charge < -0.3 is 19.5 Å². The van der Waals surface area contributed by atoms with Crippen molar-refractivity contribution in [3.05, 3.63) is 23.9 Å². The zero-order valence-electron chi connectivity index (χ0n) is 13.7. The normalized spacial score (nSPS) is 17.5. The Morgan fingerprint density at radius 2 is 2.24 bits per heavy atom. The van der Waals surface area contributed by atoms with Crippen molar-refractivity contribution in [1.29, 1.82) is 0 Å². The summed E-state index contributed by atoms with van der Waals surface area (Å²) in [5.74, 6) is -0.537. The maximum Gasteiger partial charge on any atom is 0.422 e. The lowest BCUT2D eigenvalue weighted by atomic mass is 10.2. The number of hydrogen-bond donors (Lipinski definition) is 1. The highest BCUT2D eigenvalue weighted by molar-refractivity contribution is 5.93. The maximum atomic E-state index is 12.0. The number of alkyl halides is 3. The van der Waals surface area contributed by atoms with E-state index in [0.29, 0.717) is 26.2 Å². The van der Waals surface area contributed by atoms with E-state index in [9.17, 15) is 18.0 Å². The minimum atomic E-state index is -4.43. The Kier molecular flexibility index (Phi) is 7.45. The average Bonchev–Trinajstić information content (AvgIpc) is 3.09. The van der Waals surface area contributed by atoms with Gasteiger partial charge >= 0.3 is 6.18 Å². The first-order valence-electron chi connectivity index (χ1n) is 8.07. The Balaban J connectivity index is 1.60. The van der Waals surface area contributed by atoms with Crippen LogP contribution >= 0.6 is 0 Å². The van der Waals surface area contributed by atoms with Gasteiger partial charge in [0.25, 0.3) is 5.91 Å². The van der Waals surface area contributed by atoms with Gasteiger partial charge in [-0.3, -0.25) is 4.79 Å². The molecule has 2 heterocycles. The molecule has 1 aromatic rings. The summed E-state index contributed by atoms with van der Waals surface area (Å²) in [7, 11) is 0. The zero-order valence-corrected chi connectivity index (χ0v) is 13.7. The van der Waals surface area contributed by atoms with Gasteiger partial charge in [-0.15, -0.1) is 0 Å². The van der Waals surface area contributed by atoms with Crippen molar-refractivity contribution in [2.45, 2.75) is 31.5 Å². The van der Waals surface area contributed by atoms with Crippen LogP contribution in [0.2, 0.25) is 0 Å². The van der Waals surface area contributed by atoms with E-state index in [1.807, 2.05) is 0 Å². The van der Waals surface area contributed by atoms with E-state index in [1.165, 1.54) is 18.3 Å². The van der Waals surface area contributed by atoms with Crippen molar-refractivity contribution >= 4 is 5.91 Å². The molecule has 1 saturated heterocycles. The summed E-state index contributed by atoms with van der Waals surface area (Å²) < 4.78 is 51.5. The molecule has 6 nitrogen and oxygen atoms in total. The molecule has 0 aromatic carbocycles. The first-order valence-corrected chi connectivity index (χ1v) is 8.07. The highest BCUT2D eigenvalue weighted by Gasteiger charge is 2.28. The fraction of sp³-hybridized carbons (Fsp3) is 0.625. The van der Waals surface area contributed by atoms with Crippen molar-refractivity contribution in [3.63, 3.8) is 0 Å². The van der Waals surface area contributed by atoms with Gasteiger partial charge in [-0.1, -0.05) is 0 Å². The molecule has 9 heteroatoms. The van der Waals surface area contributed by atoms with Crippen LogP contribution in [0.5, 0.6) is 5.88 Å². The smallest absolute Gasteiger partial charge is 0.422 e. The number of nitrogens with zero attached hydrogens (tertiary/aromatic N) is 1. The molecule has 1 aliphatic heterocycles. The molecule has 2 rings (SSSR count). The van der Waals surface area contributed by atoms with Crippen molar-refractivity contribution in [2.24, 2.45) is 0 Å². The van der Waals surface area contributed by atoms with Crippen LogP contribution in [0.15, 0.2) is 18.3 Å². The Morgan fingerprint density at radius 3 is 2.88 bits per heavy atom. The third-order valence-corrected chi connectivity index (χ3v) is 3.46. The van der Waals surface area contributed by atoms with Crippen molar-refractivity contribution < 1.29 is 32.2 Å². The molecular formula is C16H21F3N2O4. The lowest BCUT2D eigenvalue weighted by molar-refractivity contribution is -0.154. The summed E-state index contributed by atoms with van der Waals surface area (Å²) in [5, 5.41) is 2.69. The van der Waals surface area contributed by atoms with Crippen LogP contribution in [0, 0.1) is 0 Å². The molecule has 0 aliphatic carbocycles. The van der Waals surface area contributed by atoms with E-state index >= 15 is 0 Å². The molecule has 0 spiro atoms. The van der Waals surface area contributed by atoms with Crippen molar-refractivity contribution in [2.75, 3.05) is 33.0 Å². The highest BCUT2D eigenvalue weighted by Crippen LogP contribution is 2.17. The lowest BCUT2D eigenvalue weighted by Gasteiger charge is -2.10. The summed E-state index contributed by atoms with van der Waals surface area (Å²) in [4.78, 5) is 15.6. The van der Waals surface area contributed by atoms with E-state index in [4.69, 9.17) is 9.47 Å². The first kappa shape index (κ1) is 19.5. The monoisotopic (exact) mass is 362 g/mol. The largest absolute Gasteiger partial charge is 0.468 e. The number of ether oxygens (including phenoxy) is 3. The number of pyridine rings is 1. The summed E-state index contributed by atoms with van der Waals surface area (Å²) in [5.41, 5.74) is 0.250. The second-order valence-electron chi connectivity index (χ2n) is 5.61. The van der Waals surface area contributed by atoms with Crippen molar-refractivity contribution in [3.8, 4) is 5.88 Å². The van der Waals surface area contributed by atoms with Gasteiger partial charge in [0.2, 0.25) is 5.88 Å². The van der Waals surface area contributed by atoms with Gasteiger partial charge in [0.05, 0.1) is 18.3 Å². The lowest BCUT2D eigenvalue weighted by Crippen LogP contribution is -2.26. The van der Waals surface area contributed by atoms with Gasteiger partial charge in [0.15, 0.2) is 6.61 Å². The molecule has 25 heavy (non-hydrogen) atoms. The fourth-order valence-corrected chi connectivity index (χ4v) is 2.22. The SMILES string of the molecule is O=C(NCCCOCC1CCCO1)c1ccc(OCC(F)(F)F)nc1. The molecule has 0 radical (unpaired) electrons. The third-order valence-electron chi connectivity index (χ3n) is 3.46. The van der Waals surface area contributed by atoms with E-state index in [0.717, 1.165) is 19.4 Å². The Morgan fingerprint density at radius 1 is 1.40 bits per heavy atom. The van der Waals surface area contributed by atoms with Crippen LogP contribution in [-0.4, -0.2) is 56.1 Å². The Bertz CT molecular complexity index is 531. The van der Waals surface area contributed by atoms with Gasteiger partial charge in [-0.05, 0) is 25.3 Å². The van der Waals surface area contributed by atoms with Crippen LogP contribution in [0.1, 0.15) is 29.6 Å². The molecular weight excluding hydrogens is 341 g/mol. The minimum absolute atomic E-state index is 0.179. The average molecular weight is 362 g/mol. The van der Waals surface area contributed by atoms with Gasteiger partial charge in [-0.2, -0.15) is 13.2 Å². The fourth-order valence-electron chi connectivity index (χ4n) is 2.22. The highest BCUT2D eigenvalue weighted by atomic mass is 19.4. The second kappa shape index (κ2) is 9.57. The molecule has 1 atom stereocenters. The predicted octanol–water partition coefficient (Wildman–Crippen LogP) is 2.34. The molecule has 1 aromatic heterocycles. The molecule has 0 saturated carbocycles.